The zero-order valence-corrected chi connectivity index (χ0v) is 11.4. The predicted octanol–water partition coefficient (Wildman–Crippen LogP) is 2.94. The van der Waals surface area contributed by atoms with Crippen LogP contribution in [-0.4, -0.2) is 18.1 Å². The molecule has 3 nitrogen and oxygen atoms in total. The van der Waals surface area contributed by atoms with Crippen molar-refractivity contribution in [2.75, 3.05) is 6.61 Å². The van der Waals surface area contributed by atoms with Crippen LogP contribution in [0.5, 0.6) is 5.75 Å². The van der Waals surface area contributed by atoms with Crippen LogP contribution in [0.2, 0.25) is 5.02 Å². The molecule has 0 atom stereocenters. The molecular formula is C13H18ClNO2. The van der Waals surface area contributed by atoms with Crippen LogP contribution < -0.4 is 10.1 Å². The SMILES string of the molecule is Cc1ccc(Cl)cc1OCC(=O)NC(C)(C)C. The summed E-state index contributed by atoms with van der Waals surface area (Å²) in [7, 11) is 0. The van der Waals surface area contributed by atoms with Crippen molar-refractivity contribution in [3.8, 4) is 5.75 Å². The van der Waals surface area contributed by atoms with E-state index in [1.165, 1.54) is 0 Å². The maximum atomic E-state index is 11.6. The van der Waals surface area contributed by atoms with E-state index in [2.05, 4.69) is 5.32 Å². The number of halogens is 1. The van der Waals surface area contributed by atoms with Gasteiger partial charge < -0.3 is 10.1 Å². The standard InChI is InChI=1S/C13H18ClNO2/c1-9-5-6-10(14)7-11(9)17-8-12(16)15-13(2,3)4/h5-7H,8H2,1-4H3,(H,15,16). The number of carbonyl (C=O) groups excluding carboxylic acids is 1. The summed E-state index contributed by atoms with van der Waals surface area (Å²) in [6, 6.07) is 5.36. The van der Waals surface area contributed by atoms with E-state index in [4.69, 9.17) is 16.3 Å². The van der Waals surface area contributed by atoms with Gasteiger partial charge in [-0.2, -0.15) is 0 Å². The number of carbonyl (C=O) groups is 1. The molecule has 1 amide bonds. The van der Waals surface area contributed by atoms with Gasteiger partial charge in [0.05, 0.1) is 0 Å². The third kappa shape index (κ3) is 5.09. The second-order valence-corrected chi connectivity index (χ2v) is 5.43. The average Bonchev–Trinajstić information content (AvgIpc) is 2.17. The number of rotatable bonds is 3. The molecule has 0 fully saturated rings. The monoisotopic (exact) mass is 255 g/mol. The number of amides is 1. The van der Waals surface area contributed by atoms with Crippen molar-refractivity contribution in [2.24, 2.45) is 0 Å². The van der Waals surface area contributed by atoms with E-state index in [0.717, 1.165) is 5.56 Å². The lowest BCUT2D eigenvalue weighted by Gasteiger charge is -2.20. The van der Waals surface area contributed by atoms with Crippen LogP contribution in [0, 0.1) is 6.92 Å². The molecule has 1 aromatic rings. The Labute approximate surface area is 107 Å². The highest BCUT2D eigenvalue weighted by Crippen LogP contribution is 2.22. The molecule has 0 aromatic heterocycles. The minimum atomic E-state index is -0.246. The maximum absolute atomic E-state index is 11.6. The molecule has 0 aliphatic rings. The highest BCUT2D eigenvalue weighted by molar-refractivity contribution is 6.30. The summed E-state index contributed by atoms with van der Waals surface area (Å²) in [5, 5.41) is 3.43. The van der Waals surface area contributed by atoms with Gasteiger partial charge in [-0.1, -0.05) is 17.7 Å². The number of benzene rings is 1. The Kier molecular flexibility index (Phi) is 4.40. The largest absolute Gasteiger partial charge is 0.483 e. The molecule has 0 saturated heterocycles. The molecular weight excluding hydrogens is 238 g/mol. The van der Waals surface area contributed by atoms with Gasteiger partial charge in [0.15, 0.2) is 6.61 Å². The molecule has 4 heteroatoms. The third-order valence-electron chi connectivity index (χ3n) is 2.02. The van der Waals surface area contributed by atoms with Crippen molar-refractivity contribution in [1.29, 1.82) is 0 Å². The normalized spacial score (nSPS) is 11.1. The predicted molar refractivity (Wildman–Crippen MR) is 69.6 cm³/mol. The molecule has 17 heavy (non-hydrogen) atoms. The van der Waals surface area contributed by atoms with Crippen LogP contribution in [-0.2, 0) is 4.79 Å². The van der Waals surface area contributed by atoms with E-state index in [1.54, 1.807) is 12.1 Å². The van der Waals surface area contributed by atoms with Crippen molar-refractivity contribution in [2.45, 2.75) is 33.2 Å². The highest BCUT2D eigenvalue weighted by atomic mass is 35.5. The van der Waals surface area contributed by atoms with Crippen LogP contribution in [0.4, 0.5) is 0 Å². The zero-order chi connectivity index (χ0) is 13.1. The number of hydrogen-bond acceptors (Lipinski definition) is 2. The molecule has 0 aliphatic heterocycles. The molecule has 0 spiro atoms. The Balaban J connectivity index is 2.56. The van der Waals surface area contributed by atoms with E-state index in [0.29, 0.717) is 10.8 Å². The first-order valence-corrected chi connectivity index (χ1v) is 5.86. The van der Waals surface area contributed by atoms with Gasteiger partial charge >= 0.3 is 0 Å². The molecule has 1 aromatic carbocycles. The Bertz CT molecular complexity index is 410. The maximum Gasteiger partial charge on any atom is 0.258 e. The molecule has 0 radical (unpaired) electrons. The van der Waals surface area contributed by atoms with Crippen molar-refractivity contribution < 1.29 is 9.53 Å². The van der Waals surface area contributed by atoms with Gasteiger partial charge in [0, 0.05) is 10.6 Å². The Morgan fingerprint density at radius 1 is 1.41 bits per heavy atom. The van der Waals surface area contributed by atoms with E-state index in [1.807, 2.05) is 33.8 Å². The molecule has 1 N–H and O–H groups in total. The van der Waals surface area contributed by atoms with Gasteiger partial charge in [0.2, 0.25) is 0 Å². The second-order valence-electron chi connectivity index (χ2n) is 5.00. The van der Waals surface area contributed by atoms with Gasteiger partial charge in [-0.3, -0.25) is 4.79 Å². The number of nitrogens with one attached hydrogen (secondary N) is 1. The van der Waals surface area contributed by atoms with E-state index >= 15 is 0 Å². The molecule has 0 heterocycles. The summed E-state index contributed by atoms with van der Waals surface area (Å²) < 4.78 is 5.43. The summed E-state index contributed by atoms with van der Waals surface area (Å²) in [5.41, 5.74) is 0.710. The van der Waals surface area contributed by atoms with Crippen LogP contribution in [0.1, 0.15) is 26.3 Å². The lowest BCUT2D eigenvalue weighted by molar-refractivity contribution is -0.124. The molecule has 0 aliphatic carbocycles. The Morgan fingerprint density at radius 3 is 2.65 bits per heavy atom. The number of hydrogen-bond donors (Lipinski definition) is 1. The van der Waals surface area contributed by atoms with Gasteiger partial charge in [-0.25, -0.2) is 0 Å². The van der Waals surface area contributed by atoms with E-state index < -0.39 is 0 Å². The molecule has 0 unspecified atom stereocenters. The van der Waals surface area contributed by atoms with Gasteiger partial charge in [-0.15, -0.1) is 0 Å². The quantitative estimate of drug-likeness (QED) is 0.902. The van der Waals surface area contributed by atoms with Crippen LogP contribution in [0.3, 0.4) is 0 Å². The summed E-state index contributed by atoms with van der Waals surface area (Å²) in [5.74, 6) is 0.499. The Morgan fingerprint density at radius 2 is 2.06 bits per heavy atom. The molecule has 0 bridgehead atoms. The average molecular weight is 256 g/mol. The van der Waals surface area contributed by atoms with Crippen molar-refractivity contribution in [3.63, 3.8) is 0 Å². The van der Waals surface area contributed by atoms with Crippen LogP contribution in [0.25, 0.3) is 0 Å². The van der Waals surface area contributed by atoms with E-state index in [-0.39, 0.29) is 18.1 Å². The first-order chi connectivity index (χ1) is 7.78. The fourth-order valence-corrected chi connectivity index (χ4v) is 1.49. The third-order valence-corrected chi connectivity index (χ3v) is 2.26. The lowest BCUT2D eigenvalue weighted by atomic mass is 10.1. The van der Waals surface area contributed by atoms with Gasteiger partial charge in [-0.05, 0) is 45.4 Å². The van der Waals surface area contributed by atoms with Crippen LogP contribution >= 0.6 is 11.6 Å². The topological polar surface area (TPSA) is 38.3 Å². The summed E-state index contributed by atoms with van der Waals surface area (Å²) >= 11 is 5.86. The lowest BCUT2D eigenvalue weighted by Crippen LogP contribution is -2.43. The van der Waals surface area contributed by atoms with Gasteiger partial charge in [0.1, 0.15) is 5.75 Å². The zero-order valence-electron chi connectivity index (χ0n) is 10.6. The van der Waals surface area contributed by atoms with Crippen molar-refractivity contribution in [3.05, 3.63) is 28.8 Å². The fourth-order valence-electron chi connectivity index (χ4n) is 1.33. The van der Waals surface area contributed by atoms with Gasteiger partial charge in [0.25, 0.3) is 5.91 Å². The molecule has 1 rings (SSSR count). The van der Waals surface area contributed by atoms with E-state index in [9.17, 15) is 4.79 Å². The Hall–Kier alpha value is -1.22. The second kappa shape index (κ2) is 5.41. The smallest absolute Gasteiger partial charge is 0.258 e. The summed E-state index contributed by atoms with van der Waals surface area (Å²) in [6.07, 6.45) is 0. The first kappa shape index (κ1) is 13.8. The molecule has 94 valence electrons. The fraction of sp³-hybridized carbons (Fsp3) is 0.462. The van der Waals surface area contributed by atoms with Crippen LogP contribution in [0.15, 0.2) is 18.2 Å². The van der Waals surface area contributed by atoms with Crippen molar-refractivity contribution in [1.82, 2.24) is 5.32 Å². The number of ether oxygens (including phenoxy) is 1. The minimum Gasteiger partial charge on any atom is -0.483 e. The minimum absolute atomic E-state index is 0.00154. The molecule has 0 saturated carbocycles. The summed E-state index contributed by atoms with van der Waals surface area (Å²) in [6.45, 7) is 7.69. The van der Waals surface area contributed by atoms with Crippen molar-refractivity contribution >= 4 is 17.5 Å². The number of aryl methyl sites for hydroxylation is 1. The highest BCUT2D eigenvalue weighted by Gasteiger charge is 2.14. The summed E-state index contributed by atoms with van der Waals surface area (Å²) in [4.78, 5) is 11.6. The first-order valence-electron chi connectivity index (χ1n) is 5.48.